The molecule has 1 saturated carbocycles. The molecular formula is C21H25FN4O. The Morgan fingerprint density at radius 2 is 1.96 bits per heavy atom. The average Bonchev–Trinajstić information content (AvgIpc) is 3.35. The summed E-state index contributed by atoms with van der Waals surface area (Å²) in [5.74, 6) is 1.65. The number of amides is 1. The van der Waals surface area contributed by atoms with Crippen molar-refractivity contribution < 1.29 is 9.18 Å². The Kier molecular flexibility index (Phi) is 5.32. The molecule has 2 aromatic heterocycles. The Morgan fingerprint density at radius 1 is 1.11 bits per heavy atom. The molecule has 27 heavy (non-hydrogen) atoms. The van der Waals surface area contributed by atoms with Gasteiger partial charge in [0.25, 0.3) is 0 Å². The number of rotatable bonds is 5. The highest BCUT2D eigenvalue weighted by Crippen LogP contribution is 2.34. The smallest absolute Gasteiger partial charge is 0.223 e. The minimum Gasteiger partial charge on any atom is -0.334 e. The average molecular weight is 368 g/mol. The van der Waals surface area contributed by atoms with E-state index >= 15 is 0 Å². The molecule has 1 N–H and O–H groups in total. The predicted octanol–water partition coefficient (Wildman–Crippen LogP) is 4.60. The summed E-state index contributed by atoms with van der Waals surface area (Å²) in [7, 11) is 0. The van der Waals surface area contributed by atoms with Crippen LogP contribution in [0.2, 0.25) is 0 Å². The van der Waals surface area contributed by atoms with Crippen molar-refractivity contribution in [2.24, 2.45) is 5.92 Å². The molecule has 3 heterocycles. The van der Waals surface area contributed by atoms with E-state index in [0.717, 1.165) is 25.1 Å². The Morgan fingerprint density at radius 3 is 2.74 bits per heavy atom. The van der Waals surface area contributed by atoms with Crippen molar-refractivity contribution >= 4 is 17.5 Å². The zero-order valence-corrected chi connectivity index (χ0v) is 15.4. The molecule has 2 aliphatic rings. The van der Waals surface area contributed by atoms with Gasteiger partial charge in [0, 0.05) is 13.0 Å². The molecule has 0 radical (unpaired) electrons. The quantitative estimate of drug-likeness (QED) is 0.838. The summed E-state index contributed by atoms with van der Waals surface area (Å²) in [6.45, 7) is 0.815. The predicted molar refractivity (Wildman–Crippen MR) is 102 cm³/mol. The van der Waals surface area contributed by atoms with Gasteiger partial charge in [-0.25, -0.2) is 14.4 Å². The van der Waals surface area contributed by atoms with Crippen LogP contribution in [-0.4, -0.2) is 27.3 Å². The molecule has 0 unspecified atom stereocenters. The number of halogens is 1. The summed E-state index contributed by atoms with van der Waals surface area (Å²) in [5.41, 5.74) is 0.902. The van der Waals surface area contributed by atoms with E-state index in [0.29, 0.717) is 24.0 Å². The molecule has 2 aromatic rings. The number of nitrogens with one attached hydrogen (secondary N) is 1. The van der Waals surface area contributed by atoms with Crippen LogP contribution in [0, 0.1) is 11.7 Å². The third-order valence-corrected chi connectivity index (χ3v) is 5.61. The summed E-state index contributed by atoms with van der Waals surface area (Å²) in [4.78, 5) is 23.6. The van der Waals surface area contributed by atoms with Crippen molar-refractivity contribution in [3.8, 4) is 0 Å². The molecule has 6 heteroatoms. The number of hydrogen-bond donors (Lipinski definition) is 1. The molecule has 0 aromatic carbocycles. The minimum atomic E-state index is -0.371. The van der Waals surface area contributed by atoms with E-state index in [9.17, 15) is 9.18 Å². The fourth-order valence-electron chi connectivity index (χ4n) is 4.24. The van der Waals surface area contributed by atoms with Crippen molar-refractivity contribution in [2.45, 2.75) is 51.0 Å². The van der Waals surface area contributed by atoms with Crippen LogP contribution in [0.15, 0.2) is 36.5 Å². The topological polar surface area (TPSA) is 58.1 Å². The maximum atomic E-state index is 13.0. The van der Waals surface area contributed by atoms with Crippen molar-refractivity contribution in [1.29, 1.82) is 0 Å². The zero-order chi connectivity index (χ0) is 18.6. The van der Waals surface area contributed by atoms with E-state index in [2.05, 4.69) is 10.3 Å². The van der Waals surface area contributed by atoms with Gasteiger partial charge in [-0.3, -0.25) is 4.79 Å². The van der Waals surface area contributed by atoms with E-state index in [1.807, 2.05) is 23.1 Å². The summed E-state index contributed by atoms with van der Waals surface area (Å²) >= 11 is 0. The van der Waals surface area contributed by atoms with Gasteiger partial charge >= 0.3 is 0 Å². The lowest BCUT2D eigenvalue weighted by Gasteiger charge is -2.26. The van der Waals surface area contributed by atoms with Gasteiger partial charge in [0.2, 0.25) is 5.91 Å². The van der Waals surface area contributed by atoms with Crippen LogP contribution < -0.4 is 5.32 Å². The third kappa shape index (κ3) is 4.26. The number of anilines is 2. The van der Waals surface area contributed by atoms with Crippen molar-refractivity contribution in [2.75, 3.05) is 11.9 Å². The molecule has 5 nitrogen and oxygen atoms in total. The number of hydrogen-bond acceptors (Lipinski definition) is 4. The summed E-state index contributed by atoms with van der Waals surface area (Å²) in [6, 6.07) is 8.76. The van der Waals surface area contributed by atoms with Gasteiger partial charge in [0.15, 0.2) is 0 Å². The first-order valence-corrected chi connectivity index (χ1v) is 9.84. The van der Waals surface area contributed by atoms with Gasteiger partial charge in [-0.15, -0.1) is 0 Å². The summed E-state index contributed by atoms with van der Waals surface area (Å²) < 4.78 is 13.0. The van der Waals surface area contributed by atoms with Crippen LogP contribution in [0.4, 0.5) is 16.0 Å². The molecule has 1 aliphatic heterocycles. The van der Waals surface area contributed by atoms with Crippen LogP contribution >= 0.6 is 0 Å². The number of likely N-dealkylation sites (tertiary alicyclic amines) is 1. The fourth-order valence-corrected chi connectivity index (χ4v) is 4.24. The Bertz CT molecular complexity index is 789. The zero-order valence-electron chi connectivity index (χ0n) is 15.4. The molecule has 1 amide bonds. The molecule has 0 spiro atoms. The van der Waals surface area contributed by atoms with Crippen LogP contribution in [0.3, 0.4) is 0 Å². The minimum absolute atomic E-state index is 0.0434. The van der Waals surface area contributed by atoms with Gasteiger partial charge < -0.3 is 10.2 Å². The van der Waals surface area contributed by atoms with Crippen LogP contribution in [0.5, 0.6) is 0 Å². The van der Waals surface area contributed by atoms with Crippen LogP contribution in [-0.2, 0) is 4.79 Å². The molecule has 1 saturated heterocycles. The molecule has 2 fully saturated rings. The summed E-state index contributed by atoms with van der Waals surface area (Å²) in [5, 5.41) is 3.11. The fraction of sp³-hybridized carbons (Fsp3) is 0.476. The van der Waals surface area contributed by atoms with E-state index in [1.54, 1.807) is 6.07 Å². The number of nitrogens with zero attached hydrogens (tertiary/aromatic N) is 3. The summed E-state index contributed by atoms with van der Waals surface area (Å²) in [6.07, 6.45) is 8.70. The third-order valence-electron chi connectivity index (χ3n) is 5.61. The van der Waals surface area contributed by atoms with Crippen LogP contribution in [0.25, 0.3) is 0 Å². The highest BCUT2D eigenvalue weighted by Gasteiger charge is 2.32. The standard InChI is InChI=1S/C21H25FN4O/c22-16-10-11-19(23-14-16)25-20-9-3-7-17(24-20)18-8-4-12-26(18)21(27)13-15-5-1-2-6-15/h3,7,9-11,14-15,18H,1-2,4-6,8,12-13H2,(H,23,24,25)/t18-/m1/s1. The Hall–Kier alpha value is -2.50. The van der Waals surface area contributed by atoms with Gasteiger partial charge in [-0.2, -0.15) is 0 Å². The maximum Gasteiger partial charge on any atom is 0.223 e. The molecule has 4 rings (SSSR count). The molecule has 142 valence electrons. The first-order valence-electron chi connectivity index (χ1n) is 9.84. The highest BCUT2D eigenvalue weighted by atomic mass is 19.1. The highest BCUT2D eigenvalue weighted by molar-refractivity contribution is 5.77. The lowest BCUT2D eigenvalue weighted by atomic mass is 10.0. The van der Waals surface area contributed by atoms with Gasteiger partial charge in [0.05, 0.1) is 17.9 Å². The van der Waals surface area contributed by atoms with Gasteiger partial charge in [-0.05, 0) is 55.9 Å². The SMILES string of the molecule is O=C(CC1CCCC1)N1CCC[C@@H]1c1cccc(Nc2ccc(F)cn2)n1. The maximum absolute atomic E-state index is 13.0. The second-order valence-corrected chi connectivity index (χ2v) is 7.53. The van der Waals surface area contributed by atoms with Crippen molar-refractivity contribution in [3.63, 3.8) is 0 Å². The van der Waals surface area contributed by atoms with Gasteiger partial charge in [-0.1, -0.05) is 18.9 Å². The monoisotopic (exact) mass is 368 g/mol. The van der Waals surface area contributed by atoms with E-state index < -0.39 is 0 Å². The van der Waals surface area contributed by atoms with Gasteiger partial charge in [0.1, 0.15) is 17.5 Å². The number of carbonyl (C=O) groups excluding carboxylic acids is 1. The van der Waals surface area contributed by atoms with E-state index in [4.69, 9.17) is 4.98 Å². The lowest BCUT2D eigenvalue weighted by molar-refractivity contribution is -0.133. The van der Waals surface area contributed by atoms with Crippen molar-refractivity contribution in [1.82, 2.24) is 14.9 Å². The molecular weight excluding hydrogens is 343 g/mol. The molecule has 0 bridgehead atoms. The largest absolute Gasteiger partial charge is 0.334 e. The van der Waals surface area contributed by atoms with E-state index in [-0.39, 0.29) is 17.8 Å². The van der Waals surface area contributed by atoms with E-state index in [1.165, 1.54) is 37.9 Å². The van der Waals surface area contributed by atoms with Crippen LogP contribution in [0.1, 0.15) is 56.7 Å². The first-order chi connectivity index (χ1) is 13.2. The van der Waals surface area contributed by atoms with Crippen molar-refractivity contribution in [3.05, 3.63) is 48.0 Å². The second-order valence-electron chi connectivity index (χ2n) is 7.53. The second kappa shape index (κ2) is 8.03. The molecule has 1 aliphatic carbocycles. The molecule has 1 atom stereocenters. The lowest BCUT2D eigenvalue weighted by Crippen LogP contribution is -2.32. The Labute approximate surface area is 159 Å². The first kappa shape index (κ1) is 17.9. The Balaban J connectivity index is 1.46. The normalized spacial score (nSPS) is 20.2. The number of aromatic nitrogens is 2. The number of carbonyl (C=O) groups is 1. The number of pyridine rings is 2.